The molecule has 0 aromatic heterocycles. The van der Waals surface area contributed by atoms with Crippen LogP contribution in [0.4, 0.5) is 0 Å². The number of carbonyl (C=O) groups excluding carboxylic acids is 3. The standard InChI is InChI=1S/C28H34O9/c1-4-32-25(31)15-23-26(34-16-21-11-7-5-8-12-21)28(36-20(3)30)27(24(37-23)18-33-19(2)29)35-17-22-13-9-6-10-14-22/h5-14,23-24,26-28H,4,15-18H2,1-3H3/t23-,24+,26-,27-,28+/m0/s1. The lowest BCUT2D eigenvalue weighted by Crippen LogP contribution is -2.62. The number of ether oxygens (including phenoxy) is 6. The van der Waals surface area contributed by atoms with Crippen LogP contribution < -0.4 is 0 Å². The van der Waals surface area contributed by atoms with E-state index in [4.69, 9.17) is 28.4 Å². The van der Waals surface area contributed by atoms with Gasteiger partial charge in [0.2, 0.25) is 0 Å². The van der Waals surface area contributed by atoms with Crippen molar-refractivity contribution in [1.82, 2.24) is 0 Å². The minimum atomic E-state index is -0.946. The first-order valence-electron chi connectivity index (χ1n) is 12.3. The first-order chi connectivity index (χ1) is 17.9. The van der Waals surface area contributed by atoms with Crippen molar-refractivity contribution in [2.75, 3.05) is 13.2 Å². The van der Waals surface area contributed by atoms with Gasteiger partial charge in [-0.3, -0.25) is 14.4 Å². The summed E-state index contributed by atoms with van der Waals surface area (Å²) in [4.78, 5) is 36.2. The molecule has 9 heteroatoms. The Bertz CT molecular complexity index is 995. The van der Waals surface area contributed by atoms with E-state index in [1.807, 2.05) is 60.7 Å². The summed E-state index contributed by atoms with van der Waals surface area (Å²) in [6, 6.07) is 18.9. The fraction of sp³-hybridized carbons (Fsp3) is 0.464. The van der Waals surface area contributed by atoms with Crippen molar-refractivity contribution < 1.29 is 42.8 Å². The Kier molecular flexibility index (Phi) is 11.1. The van der Waals surface area contributed by atoms with E-state index in [9.17, 15) is 14.4 Å². The quantitative estimate of drug-likeness (QED) is 0.311. The molecule has 9 nitrogen and oxygen atoms in total. The van der Waals surface area contributed by atoms with Crippen LogP contribution in [0, 0.1) is 0 Å². The van der Waals surface area contributed by atoms with Gasteiger partial charge in [-0.25, -0.2) is 0 Å². The Morgan fingerprint density at radius 2 is 1.27 bits per heavy atom. The second kappa shape index (κ2) is 14.5. The van der Waals surface area contributed by atoms with Crippen LogP contribution in [0.1, 0.15) is 38.3 Å². The van der Waals surface area contributed by atoms with Crippen LogP contribution in [0.15, 0.2) is 60.7 Å². The van der Waals surface area contributed by atoms with Gasteiger partial charge in [-0.2, -0.15) is 0 Å². The molecule has 2 aromatic carbocycles. The Balaban J connectivity index is 1.92. The molecule has 1 aliphatic rings. The topological polar surface area (TPSA) is 107 Å². The third kappa shape index (κ3) is 8.96. The van der Waals surface area contributed by atoms with Gasteiger partial charge < -0.3 is 28.4 Å². The second-order valence-corrected chi connectivity index (χ2v) is 8.62. The molecule has 200 valence electrons. The van der Waals surface area contributed by atoms with E-state index in [1.165, 1.54) is 13.8 Å². The van der Waals surface area contributed by atoms with Crippen LogP contribution in [0.5, 0.6) is 0 Å². The average molecular weight is 515 g/mol. The van der Waals surface area contributed by atoms with E-state index >= 15 is 0 Å². The third-order valence-electron chi connectivity index (χ3n) is 5.73. The van der Waals surface area contributed by atoms with Crippen molar-refractivity contribution in [2.24, 2.45) is 0 Å². The highest BCUT2D eigenvalue weighted by Crippen LogP contribution is 2.32. The minimum Gasteiger partial charge on any atom is -0.466 e. The van der Waals surface area contributed by atoms with Crippen molar-refractivity contribution in [1.29, 1.82) is 0 Å². The maximum Gasteiger partial charge on any atom is 0.308 e. The Morgan fingerprint density at radius 1 is 0.730 bits per heavy atom. The number of hydrogen-bond acceptors (Lipinski definition) is 9. The molecule has 37 heavy (non-hydrogen) atoms. The molecule has 1 heterocycles. The Hall–Kier alpha value is -3.27. The van der Waals surface area contributed by atoms with Gasteiger partial charge in [0.15, 0.2) is 6.10 Å². The summed E-state index contributed by atoms with van der Waals surface area (Å²) in [5, 5.41) is 0. The highest BCUT2D eigenvalue weighted by molar-refractivity contribution is 5.70. The smallest absolute Gasteiger partial charge is 0.308 e. The zero-order chi connectivity index (χ0) is 26.6. The van der Waals surface area contributed by atoms with Crippen LogP contribution >= 0.6 is 0 Å². The van der Waals surface area contributed by atoms with Crippen LogP contribution in [0.3, 0.4) is 0 Å². The SMILES string of the molecule is CCOC(=O)C[C@@H]1O[C@H](COC(C)=O)[C@H](OCc2ccccc2)[C@H](OC(C)=O)[C@H]1OCc1ccccc1. The van der Waals surface area contributed by atoms with Crippen molar-refractivity contribution >= 4 is 17.9 Å². The van der Waals surface area contributed by atoms with Crippen molar-refractivity contribution in [3.63, 3.8) is 0 Å². The predicted octanol–water partition coefficient (Wildman–Crippen LogP) is 3.37. The molecular weight excluding hydrogens is 480 g/mol. The summed E-state index contributed by atoms with van der Waals surface area (Å²) in [5.74, 6) is -1.54. The van der Waals surface area contributed by atoms with Crippen LogP contribution in [-0.4, -0.2) is 61.6 Å². The van der Waals surface area contributed by atoms with Crippen molar-refractivity contribution in [3.8, 4) is 0 Å². The summed E-state index contributed by atoms with van der Waals surface area (Å²) in [5.41, 5.74) is 1.79. The molecule has 0 aliphatic carbocycles. The van der Waals surface area contributed by atoms with E-state index in [0.29, 0.717) is 0 Å². The lowest BCUT2D eigenvalue weighted by atomic mass is 9.92. The number of rotatable bonds is 12. The summed E-state index contributed by atoms with van der Waals surface area (Å²) in [6.45, 7) is 4.71. The fourth-order valence-corrected chi connectivity index (χ4v) is 4.13. The predicted molar refractivity (Wildman–Crippen MR) is 132 cm³/mol. The molecule has 0 spiro atoms. The number of carbonyl (C=O) groups is 3. The molecule has 5 atom stereocenters. The van der Waals surface area contributed by atoms with E-state index < -0.39 is 48.4 Å². The highest BCUT2D eigenvalue weighted by Gasteiger charge is 2.50. The molecule has 0 bridgehead atoms. The van der Waals surface area contributed by atoms with Crippen LogP contribution in [0.2, 0.25) is 0 Å². The second-order valence-electron chi connectivity index (χ2n) is 8.62. The van der Waals surface area contributed by atoms with E-state index in [0.717, 1.165) is 11.1 Å². The van der Waals surface area contributed by atoms with Gasteiger partial charge in [0.05, 0.1) is 32.3 Å². The molecule has 0 saturated carbocycles. The molecule has 2 aromatic rings. The summed E-state index contributed by atoms with van der Waals surface area (Å²) < 4.78 is 34.8. The fourth-order valence-electron chi connectivity index (χ4n) is 4.13. The van der Waals surface area contributed by atoms with Crippen LogP contribution in [-0.2, 0) is 56.0 Å². The Morgan fingerprint density at radius 3 is 1.76 bits per heavy atom. The summed E-state index contributed by atoms with van der Waals surface area (Å²) >= 11 is 0. The molecule has 0 N–H and O–H groups in total. The highest BCUT2D eigenvalue weighted by atomic mass is 16.6. The molecule has 0 unspecified atom stereocenters. The van der Waals surface area contributed by atoms with E-state index in [1.54, 1.807) is 6.92 Å². The van der Waals surface area contributed by atoms with Gasteiger partial charge in [-0.15, -0.1) is 0 Å². The maximum atomic E-state index is 12.4. The van der Waals surface area contributed by atoms with Crippen LogP contribution in [0.25, 0.3) is 0 Å². The molecular formula is C28H34O9. The molecule has 1 saturated heterocycles. The maximum absolute atomic E-state index is 12.4. The Labute approximate surface area is 216 Å². The first kappa shape index (κ1) is 28.3. The van der Waals surface area contributed by atoms with Gasteiger partial charge in [0, 0.05) is 13.8 Å². The molecule has 0 amide bonds. The van der Waals surface area contributed by atoms with E-state index in [2.05, 4.69) is 0 Å². The zero-order valence-electron chi connectivity index (χ0n) is 21.4. The third-order valence-corrected chi connectivity index (χ3v) is 5.73. The van der Waals surface area contributed by atoms with E-state index in [-0.39, 0.29) is 32.8 Å². The summed E-state index contributed by atoms with van der Waals surface area (Å²) in [7, 11) is 0. The van der Waals surface area contributed by atoms with Crippen molar-refractivity contribution in [3.05, 3.63) is 71.8 Å². The lowest BCUT2D eigenvalue weighted by Gasteiger charge is -2.45. The first-order valence-corrected chi connectivity index (χ1v) is 12.3. The van der Waals surface area contributed by atoms with Gasteiger partial charge in [-0.05, 0) is 18.1 Å². The average Bonchev–Trinajstić information content (AvgIpc) is 2.87. The van der Waals surface area contributed by atoms with Crippen molar-refractivity contribution in [2.45, 2.75) is 70.9 Å². The van der Waals surface area contributed by atoms with Gasteiger partial charge in [0.25, 0.3) is 0 Å². The van der Waals surface area contributed by atoms with Gasteiger partial charge >= 0.3 is 17.9 Å². The lowest BCUT2D eigenvalue weighted by molar-refractivity contribution is -0.265. The monoisotopic (exact) mass is 514 g/mol. The largest absolute Gasteiger partial charge is 0.466 e. The number of hydrogen-bond donors (Lipinski definition) is 0. The van der Waals surface area contributed by atoms with Gasteiger partial charge in [0.1, 0.15) is 24.9 Å². The van der Waals surface area contributed by atoms with Gasteiger partial charge in [-0.1, -0.05) is 60.7 Å². The zero-order valence-corrected chi connectivity index (χ0v) is 21.4. The summed E-state index contributed by atoms with van der Waals surface area (Å²) in [6.07, 6.45) is -4.46. The molecule has 0 radical (unpaired) electrons. The normalized spacial score (nSPS) is 23.2. The molecule has 1 aliphatic heterocycles. The molecule has 3 rings (SSSR count). The number of benzene rings is 2. The molecule has 1 fully saturated rings. The minimum absolute atomic E-state index is 0.146. The number of esters is 3.